The van der Waals surface area contributed by atoms with Crippen molar-refractivity contribution in [3.05, 3.63) is 127 Å². The van der Waals surface area contributed by atoms with Gasteiger partial charge in [-0.2, -0.15) is 0 Å². The van der Waals surface area contributed by atoms with Crippen molar-refractivity contribution in [1.29, 1.82) is 0 Å². The van der Waals surface area contributed by atoms with Crippen molar-refractivity contribution in [1.82, 2.24) is 0 Å². The standard InChI is InChI=1S/C10H11.3C6H5.Sn/c1-10(7-8-10)9-5-3-2-4-6-9;3*1-2-4-6-5-3-1;/h2-7H,8H2,1H3;3*1-5H;/t10-;;;;/m0..../s1. The number of hydrogen-bond acceptors (Lipinski definition) is 0. The van der Waals surface area contributed by atoms with Crippen LogP contribution in [0.3, 0.4) is 0 Å². The SMILES string of the molecule is C[C@@]1(c2ccccc2)C[C@H]1[Sn]([c]1ccccc1)([c]1ccccc1)[c]1ccccc1. The minimum atomic E-state index is -3.25. The summed E-state index contributed by atoms with van der Waals surface area (Å²) < 4.78 is 5.46. The van der Waals surface area contributed by atoms with E-state index < -0.39 is 18.4 Å². The van der Waals surface area contributed by atoms with Crippen LogP contribution in [0.25, 0.3) is 0 Å². The van der Waals surface area contributed by atoms with E-state index in [9.17, 15) is 0 Å². The van der Waals surface area contributed by atoms with Gasteiger partial charge in [0.05, 0.1) is 0 Å². The second-order valence-corrected chi connectivity index (χ2v) is 20.0. The molecule has 4 aromatic rings. The van der Waals surface area contributed by atoms with Gasteiger partial charge in [-0.3, -0.25) is 0 Å². The van der Waals surface area contributed by atoms with Crippen molar-refractivity contribution in [3.63, 3.8) is 0 Å². The summed E-state index contributed by atoms with van der Waals surface area (Å²) in [4.78, 5) is 0. The van der Waals surface area contributed by atoms with Crippen LogP contribution in [0.4, 0.5) is 0 Å². The zero-order chi connectivity index (χ0) is 19.7. The van der Waals surface area contributed by atoms with Crippen LogP contribution < -0.4 is 10.7 Å². The summed E-state index contributed by atoms with van der Waals surface area (Å²) >= 11 is -3.25. The predicted octanol–water partition coefficient (Wildman–Crippen LogP) is 4.89. The normalized spacial score (nSPS) is 20.9. The molecule has 0 saturated heterocycles. The van der Waals surface area contributed by atoms with Crippen LogP contribution in [0.15, 0.2) is 121 Å². The van der Waals surface area contributed by atoms with Crippen LogP contribution in [-0.2, 0) is 5.41 Å². The molecule has 1 saturated carbocycles. The van der Waals surface area contributed by atoms with Crippen molar-refractivity contribution in [3.8, 4) is 0 Å². The molecular weight excluding hydrogens is 455 g/mol. The molecule has 0 unspecified atom stereocenters. The van der Waals surface area contributed by atoms with Crippen molar-refractivity contribution >= 4 is 29.1 Å². The summed E-state index contributed by atoms with van der Waals surface area (Å²) in [5.41, 5.74) is 1.74. The minimum absolute atomic E-state index is 0.249. The fraction of sp³-hybridized carbons (Fsp3) is 0.143. The molecule has 0 aliphatic heterocycles. The van der Waals surface area contributed by atoms with Gasteiger partial charge in [0.2, 0.25) is 0 Å². The van der Waals surface area contributed by atoms with E-state index in [0.29, 0.717) is 3.93 Å². The molecule has 0 radical (unpaired) electrons. The Bertz CT molecular complexity index is 978. The van der Waals surface area contributed by atoms with Crippen molar-refractivity contribution in [2.45, 2.75) is 22.7 Å². The van der Waals surface area contributed by atoms with Crippen LogP contribution in [0.1, 0.15) is 18.9 Å². The first-order chi connectivity index (χ1) is 14.3. The molecular formula is C28H26Sn. The fourth-order valence-electron chi connectivity index (χ4n) is 5.34. The van der Waals surface area contributed by atoms with E-state index in [1.54, 1.807) is 10.7 Å². The van der Waals surface area contributed by atoms with E-state index in [1.807, 2.05) is 0 Å². The maximum atomic E-state index is 2.49. The van der Waals surface area contributed by atoms with Gasteiger partial charge in [-0.1, -0.05) is 0 Å². The number of rotatable bonds is 5. The van der Waals surface area contributed by atoms with Crippen LogP contribution in [-0.4, -0.2) is 18.4 Å². The quantitative estimate of drug-likeness (QED) is 0.357. The Morgan fingerprint density at radius 2 is 0.897 bits per heavy atom. The first-order valence-electron chi connectivity index (χ1n) is 10.5. The molecule has 2 atom stereocenters. The van der Waals surface area contributed by atoms with Crippen molar-refractivity contribution in [2.24, 2.45) is 0 Å². The Balaban J connectivity index is 1.78. The van der Waals surface area contributed by atoms with Gasteiger partial charge in [0.25, 0.3) is 0 Å². The summed E-state index contributed by atoms with van der Waals surface area (Å²) in [7, 11) is 0. The summed E-state index contributed by atoms with van der Waals surface area (Å²) in [5.74, 6) is 0. The summed E-state index contributed by atoms with van der Waals surface area (Å²) in [6, 6.07) is 45.4. The summed E-state index contributed by atoms with van der Waals surface area (Å²) in [6.07, 6.45) is 1.27. The Morgan fingerprint density at radius 1 is 0.552 bits per heavy atom. The molecule has 1 heteroatoms. The average Bonchev–Trinajstić information content (AvgIpc) is 3.50. The summed E-state index contributed by atoms with van der Waals surface area (Å²) in [6.45, 7) is 2.49. The van der Waals surface area contributed by atoms with E-state index in [2.05, 4.69) is 128 Å². The second-order valence-electron chi connectivity index (χ2n) is 8.45. The van der Waals surface area contributed by atoms with E-state index in [4.69, 9.17) is 0 Å². The molecule has 1 aliphatic carbocycles. The van der Waals surface area contributed by atoms with Gasteiger partial charge in [-0.05, 0) is 0 Å². The van der Waals surface area contributed by atoms with Crippen LogP contribution >= 0.6 is 0 Å². The third-order valence-corrected chi connectivity index (χ3v) is 22.9. The zero-order valence-corrected chi connectivity index (χ0v) is 19.7. The van der Waals surface area contributed by atoms with E-state index in [0.717, 1.165) is 0 Å². The molecule has 0 bridgehead atoms. The van der Waals surface area contributed by atoms with Crippen molar-refractivity contribution < 1.29 is 0 Å². The number of benzene rings is 4. The van der Waals surface area contributed by atoms with E-state index >= 15 is 0 Å². The molecule has 1 aliphatic rings. The Morgan fingerprint density at radius 3 is 1.28 bits per heavy atom. The maximum absolute atomic E-state index is 3.25. The molecule has 0 heterocycles. The molecule has 4 aromatic carbocycles. The van der Waals surface area contributed by atoms with Crippen LogP contribution in [0.2, 0.25) is 3.93 Å². The monoisotopic (exact) mass is 482 g/mol. The van der Waals surface area contributed by atoms with Crippen LogP contribution in [0.5, 0.6) is 0 Å². The zero-order valence-electron chi connectivity index (χ0n) is 16.8. The van der Waals surface area contributed by atoms with E-state index in [1.165, 1.54) is 12.0 Å². The van der Waals surface area contributed by atoms with Gasteiger partial charge >= 0.3 is 179 Å². The van der Waals surface area contributed by atoms with Gasteiger partial charge in [-0.15, -0.1) is 0 Å². The van der Waals surface area contributed by atoms with Gasteiger partial charge in [0.1, 0.15) is 0 Å². The molecule has 0 aromatic heterocycles. The molecule has 5 rings (SSSR count). The van der Waals surface area contributed by atoms with Gasteiger partial charge < -0.3 is 0 Å². The third kappa shape index (κ3) is 3.05. The van der Waals surface area contributed by atoms with Gasteiger partial charge in [0, 0.05) is 0 Å². The molecule has 0 nitrogen and oxygen atoms in total. The first-order valence-corrected chi connectivity index (χ1v) is 16.4. The number of hydrogen-bond donors (Lipinski definition) is 0. The fourth-order valence-corrected chi connectivity index (χ4v) is 23.1. The molecule has 1 fully saturated rings. The predicted molar refractivity (Wildman–Crippen MR) is 126 cm³/mol. The van der Waals surface area contributed by atoms with Gasteiger partial charge in [0.15, 0.2) is 0 Å². The second kappa shape index (κ2) is 7.50. The molecule has 29 heavy (non-hydrogen) atoms. The average molecular weight is 481 g/mol. The third-order valence-electron chi connectivity index (χ3n) is 6.88. The molecule has 0 spiro atoms. The van der Waals surface area contributed by atoms with Gasteiger partial charge in [-0.25, -0.2) is 0 Å². The Labute approximate surface area is 178 Å². The first kappa shape index (κ1) is 18.7. The summed E-state index contributed by atoms with van der Waals surface area (Å²) in [5, 5.41) is 0. The molecule has 0 amide bonds. The van der Waals surface area contributed by atoms with Crippen molar-refractivity contribution in [2.75, 3.05) is 0 Å². The topological polar surface area (TPSA) is 0 Å². The van der Waals surface area contributed by atoms with E-state index in [-0.39, 0.29) is 5.41 Å². The molecule has 142 valence electrons. The Hall–Kier alpha value is -2.32. The molecule has 0 N–H and O–H groups in total. The Kier molecular flexibility index (Phi) is 4.83. The van der Waals surface area contributed by atoms with Crippen LogP contribution in [0, 0.1) is 0 Å².